The Morgan fingerprint density at radius 1 is 1.14 bits per heavy atom. The van der Waals surface area contributed by atoms with Crippen molar-refractivity contribution in [2.75, 3.05) is 31.1 Å². The van der Waals surface area contributed by atoms with Gasteiger partial charge in [-0.15, -0.1) is 10.2 Å². The summed E-state index contributed by atoms with van der Waals surface area (Å²) >= 11 is 0. The van der Waals surface area contributed by atoms with Crippen LogP contribution >= 0.6 is 0 Å². The number of hydrogen-bond donors (Lipinski definition) is 1. The van der Waals surface area contributed by atoms with E-state index in [0.29, 0.717) is 12.1 Å². The fourth-order valence-electron chi connectivity index (χ4n) is 4.20. The van der Waals surface area contributed by atoms with Gasteiger partial charge in [-0.3, -0.25) is 4.90 Å². The Bertz CT molecular complexity index is 811. The first kappa shape index (κ1) is 21.5. The van der Waals surface area contributed by atoms with E-state index in [-0.39, 0.29) is 11.9 Å². The van der Waals surface area contributed by atoms with E-state index in [0.717, 1.165) is 55.3 Å². The summed E-state index contributed by atoms with van der Waals surface area (Å²) in [4.78, 5) is 4.87. The minimum absolute atomic E-state index is 0.231. The molecule has 2 unspecified atom stereocenters. The average molecular weight is 399 g/mol. The van der Waals surface area contributed by atoms with Crippen molar-refractivity contribution in [2.45, 2.75) is 59.2 Å². The number of rotatable bonds is 3. The Morgan fingerprint density at radius 2 is 1.90 bits per heavy atom. The lowest BCUT2D eigenvalue weighted by Crippen LogP contribution is -2.61. The van der Waals surface area contributed by atoms with Gasteiger partial charge >= 0.3 is 0 Å². The SMILES string of the molecule is CC.Cc1cc(N2CCOC3CCN(C(C)C)CC32)nnc1-c1ccccc1O. The molecule has 0 spiro atoms. The third kappa shape index (κ3) is 4.54. The van der Waals surface area contributed by atoms with E-state index in [4.69, 9.17) is 4.74 Å². The van der Waals surface area contributed by atoms with Crippen LogP contribution in [0.1, 0.15) is 39.7 Å². The number of likely N-dealkylation sites (tertiary alicyclic amines) is 1. The highest BCUT2D eigenvalue weighted by atomic mass is 16.5. The predicted molar refractivity (Wildman–Crippen MR) is 117 cm³/mol. The second kappa shape index (κ2) is 9.55. The molecule has 2 atom stereocenters. The van der Waals surface area contributed by atoms with Gasteiger partial charge in [0.2, 0.25) is 0 Å². The number of para-hydroxylation sites is 1. The molecule has 1 N–H and O–H groups in total. The topological polar surface area (TPSA) is 61.7 Å². The van der Waals surface area contributed by atoms with Crippen molar-refractivity contribution in [3.8, 4) is 17.0 Å². The first-order chi connectivity index (χ1) is 14.0. The molecule has 0 aliphatic carbocycles. The second-order valence-electron chi connectivity index (χ2n) is 7.80. The third-order valence-corrected chi connectivity index (χ3v) is 5.77. The molecule has 0 saturated carbocycles. The number of anilines is 1. The maximum Gasteiger partial charge on any atom is 0.152 e. The number of aromatic hydroxyl groups is 1. The summed E-state index contributed by atoms with van der Waals surface area (Å²) in [6, 6.07) is 10.2. The van der Waals surface area contributed by atoms with Crippen molar-refractivity contribution in [3.63, 3.8) is 0 Å². The minimum Gasteiger partial charge on any atom is -0.507 e. The number of morpholine rings is 1. The van der Waals surface area contributed by atoms with E-state index < -0.39 is 0 Å². The van der Waals surface area contributed by atoms with Crippen molar-refractivity contribution in [2.24, 2.45) is 0 Å². The largest absolute Gasteiger partial charge is 0.507 e. The lowest BCUT2D eigenvalue weighted by atomic mass is 9.97. The van der Waals surface area contributed by atoms with Gasteiger partial charge in [-0.1, -0.05) is 26.0 Å². The Labute approximate surface area is 174 Å². The number of phenols is 1. The molecule has 2 aliphatic heterocycles. The summed E-state index contributed by atoms with van der Waals surface area (Å²) in [5.41, 5.74) is 2.47. The zero-order valence-corrected chi connectivity index (χ0v) is 18.3. The van der Waals surface area contributed by atoms with Gasteiger partial charge in [0.15, 0.2) is 5.82 Å². The van der Waals surface area contributed by atoms with Crippen molar-refractivity contribution in [1.29, 1.82) is 0 Å². The number of fused-ring (bicyclic) bond motifs is 1. The molecule has 6 heteroatoms. The molecule has 2 aliphatic rings. The maximum atomic E-state index is 10.1. The lowest BCUT2D eigenvalue weighted by Gasteiger charge is -2.48. The van der Waals surface area contributed by atoms with Crippen molar-refractivity contribution >= 4 is 5.82 Å². The molecular weight excluding hydrogens is 364 g/mol. The summed E-state index contributed by atoms with van der Waals surface area (Å²) in [6.07, 6.45) is 1.32. The van der Waals surface area contributed by atoms with Gasteiger partial charge in [-0.25, -0.2) is 0 Å². The molecule has 1 aromatic carbocycles. The van der Waals surface area contributed by atoms with Crippen molar-refractivity contribution < 1.29 is 9.84 Å². The smallest absolute Gasteiger partial charge is 0.152 e. The molecule has 0 amide bonds. The Kier molecular flexibility index (Phi) is 7.09. The standard InChI is InChI=1S/C21H28N4O2.C2H6/c1-14(2)24-9-8-19-17(13-24)25(10-11-27-19)20-12-15(3)21(23-22-20)16-6-4-5-7-18(16)26;1-2/h4-7,12,14,17,19,26H,8-11,13H2,1-3H3;1-2H3. The van der Waals surface area contributed by atoms with Gasteiger partial charge in [0, 0.05) is 31.2 Å². The molecule has 2 aromatic rings. The minimum atomic E-state index is 0.231. The number of aromatic nitrogens is 2. The van der Waals surface area contributed by atoms with E-state index in [9.17, 15) is 5.11 Å². The summed E-state index contributed by atoms with van der Waals surface area (Å²) in [5.74, 6) is 1.13. The molecule has 2 fully saturated rings. The highest BCUT2D eigenvalue weighted by molar-refractivity contribution is 5.70. The lowest BCUT2D eigenvalue weighted by molar-refractivity contribution is -0.0346. The normalized spacial score (nSPS) is 22.1. The molecular formula is C23H34N4O2. The number of aryl methyl sites for hydroxylation is 1. The second-order valence-corrected chi connectivity index (χ2v) is 7.80. The molecule has 29 heavy (non-hydrogen) atoms. The zero-order valence-electron chi connectivity index (χ0n) is 18.3. The van der Waals surface area contributed by atoms with Gasteiger partial charge in [-0.05, 0) is 51.0 Å². The van der Waals surface area contributed by atoms with E-state index in [1.54, 1.807) is 6.07 Å². The molecule has 3 heterocycles. The van der Waals surface area contributed by atoms with Crippen LogP contribution in [0, 0.1) is 6.92 Å². The molecule has 0 radical (unpaired) electrons. The van der Waals surface area contributed by atoms with Crippen LogP contribution in [0.25, 0.3) is 11.3 Å². The molecule has 4 rings (SSSR count). The van der Waals surface area contributed by atoms with Gasteiger partial charge < -0.3 is 14.7 Å². The van der Waals surface area contributed by atoms with Gasteiger partial charge in [0.25, 0.3) is 0 Å². The predicted octanol–water partition coefficient (Wildman–Crippen LogP) is 3.87. The molecule has 2 saturated heterocycles. The number of phenolic OH excluding ortho intramolecular Hbond substituents is 1. The van der Waals surface area contributed by atoms with Crippen LogP contribution in [-0.2, 0) is 4.74 Å². The molecule has 158 valence electrons. The average Bonchev–Trinajstić information content (AvgIpc) is 2.75. The Morgan fingerprint density at radius 3 is 2.59 bits per heavy atom. The third-order valence-electron chi connectivity index (χ3n) is 5.77. The fourth-order valence-corrected chi connectivity index (χ4v) is 4.20. The highest BCUT2D eigenvalue weighted by Gasteiger charge is 2.38. The number of benzene rings is 1. The molecule has 0 bridgehead atoms. The highest BCUT2D eigenvalue weighted by Crippen LogP contribution is 2.32. The molecule has 6 nitrogen and oxygen atoms in total. The summed E-state index contributed by atoms with van der Waals surface area (Å²) in [7, 11) is 0. The maximum absolute atomic E-state index is 10.1. The number of piperidine rings is 1. The van der Waals surface area contributed by atoms with Crippen LogP contribution in [0.3, 0.4) is 0 Å². The van der Waals surface area contributed by atoms with Crippen LogP contribution in [-0.4, -0.2) is 64.6 Å². The fraction of sp³-hybridized carbons (Fsp3) is 0.565. The van der Waals surface area contributed by atoms with E-state index in [1.807, 2.05) is 39.0 Å². The van der Waals surface area contributed by atoms with Crippen molar-refractivity contribution in [3.05, 3.63) is 35.9 Å². The zero-order chi connectivity index (χ0) is 21.0. The van der Waals surface area contributed by atoms with Gasteiger partial charge in [0.05, 0.1) is 24.4 Å². The van der Waals surface area contributed by atoms with Crippen LogP contribution < -0.4 is 4.90 Å². The van der Waals surface area contributed by atoms with E-state index >= 15 is 0 Å². The van der Waals surface area contributed by atoms with Crippen LogP contribution in [0.4, 0.5) is 5.82 Å². The monoisotopic (exact) mass is 398 g/mol. The first-order valence-electron chi connectivity index (χ1n) is 10.8. The van der Waals surface area contributed by atoms with Gasteiger partial charge in [0.1, 0.15) is 5.75 Å². The number of hydrogen-bond acceptors (Lipinski definition) is 6. The number of ether oxygens (including phenoxy) is 1. The summed E-state index contributed by atoms with van der Waals surface area (Å²) in [6.45, 7) is 14.2. The first-order valence-corrected chi connectivity index (χ1v) is 10.8. The number of nitrogens with zero attached hydrogens (tertiary/aromatic N) is 4. The van der Waals surface area contributed by atoms with E-state index in [1.165, 1.54) is 0 Å². The molecule has 1 aromatic heterocycles. The van der Waals surface area contributed by atoms with Crippen LogP contribution in [0.5, 0.6) is 5.75 Å². The Balaban J connectivity index is 0.00000117. The summed E-state index contributed by atoms with van der Waals surface area (Å²) < 4.78 is 6.05. The van der Waals surface area contributed by atoms with Crippen molar-refractivity contribution in [1.82, 2.24) is 15.1 Å². The Hall–Kier alpha value is -2.18. The van der Waals surface area contributed by atoms with Crippen LogP contribution in [0.2, 0.25) is 0 Å². The van der Waals surface area contributed by atoms with Crippen LogP contribution in [0.15, 0.2) is 30.3 Å². The van der Waals surface area contributed by atoms with E-state index in [2.05, 4.69) is 39.9 Å². The quantitative estimate of drug-likeness (QED) is 0.847. The van der Waals surface area contributed by atoms with Gasteiger partial charge in [-0.2, -0.15) is 0 Å². The summed E-state index contributed by atoms with van der Waals surface area (Å²) in [5, 5.41) is 19.1.